The second-order valence-corrected chi connectivity index (χ2v) is 4.79. The maximum atomic E-state index is 5.84. The van der Waals surface area contributed by atoms with Crippen LogP contribution in [-0.2, 0) is 0 Å². The number of alkyl halides is 1. The molecule has 1 nitrogen and oxygen atoms in total. The SMILES string of the molecule is CN1CCCC(C2CC2CCl)C1. The lowest BCUT2D eigenvalue weighted by Gasteiger charge is -2.29. The first-order chi connectivity index (χ1) is 5.81. The van der Waals surface area contributed by atoms with Crippen molar-refractivity contribution in [3.05, 3.63) is 0 Å². The third-order valence-corrected chi connectivity index (χ3v) is 3.84. The van der Waals surface area contributed by atoms with Gasteiger partial charge in [-0.2, -0.15) is 0 Å². The number of hydrogen-bond donors (Lipinski definition) is 0. The molecule has 12 heavy (non-hydrogen) atoms. The summed E-state index contributed by atoms with van der Waals surface area (Å²) in [5, 5.41) is 0. The Morgan fingerprint density at radius 1 is 1.50 bits per heavy atom. The van der Waals surface area contributed by atoms with Gasteiger partial charge in [-0.25, -0.2) is 0 Å². The van der Waals surface area contributed by atoms with Gasteiger partial charge in [0.1, 0.15) is 0 Å². The summed E-state index contributed by atoms with van der Waals surface area (Å²) >= 11 is 5.84. The zero-order valence-corrected chi connectivity index (χ0v) is 8.56. The van der Waals surface area contributed by atoms with Gasteiger partial charge in [-0.1, -0.05) is 0 Å². The molecule has 0 spiro atoms. The highest BCUT2D eigenvalue weighted by molar-refractivity contribution is 6.18. The van der Waals surface area contributed by atoms with Gasteiger partial charge in [-0.15, -0.1) is 11.6 Å². The number of likely N-dealkylation sites (tertiary alicyclic amines) is 1. The summed E-state index contributed by atoms with van der Waals surface area (Å²) in [6.45, 7) is 2.62. The van der Waals surface area contributed by atoms with E-state index in [4.69, 9.17) is 11.6 Å². The Hall–Kier alpha value is 0.250. The predicted octanol–water partition coefficient (Wildman–Crippen LogP) is 2.20. The summed E-state index contributed by atoms with van der Waals surface area (Å²) in [5.74, 6) is 3.70. The molecule has 0 amide bonds. The van der Waals surface area contributed by atoms with E-state index in [1.165, 1.54) is 32.4 Å². The molecule has 0 radical (unpaired) electrons. The van der Waals surface area contributed by atoms with E-state index in [-0.39, 0.29) is 0 Å². The fraction of sp³-hybridized carbons (Fsp3) is 1.00. The summed E-state index contributed by atoms with van der Waals surface area (Å²) in [4.78, 5) is 2.47. The largest absolute Gasteiger partial charge is 0.306 e. The van der Waals surface area contributed by atoms with Crippen molar-refractivity contribution >= 4 is 11.6 Å². The third kappa shape index (κ3) is 1.77. The second kappa shape index (κ2) is 3.55. The lowest BCUT2D eigenvalue weighted by molar-refractivity contribution is 0.189. The first-order valence-corrected chi connectivity index (χ1v) is 5.59. The van der Waals surface area contributed by atoms with Crippen LogP contribution >= 0.6 is 11.6 Å². The number of piperidine rings is 1. The molecule has 1 aliphatic carbocycles. The van der Waals surface area contributed by atoms with Gasteiger partial charge in [-0.3, -0.25) is 0 Å². The minimum Gasteiger partial charge on any atom is -0.306 e. The number of halogens is 1. The van der Waals surface area contributed by atoms with E-state index in [0.717, 1.165) is 23.6 Å². The zero-order chi connectivity index (χ0) is 8.55. The van der Waals surface area contributed by atoms with Crippen LogP contribution in [0.2, 0.25) is 0 Å². The monoisotopic (exact) mass is 187 g/mol. The van der Waals surface area contributed by atoms with Gasteiger partial charge in [-0.05, 0) is 50.6 Å². The maximum Gasteiger partial charge on any atom is 0.0254 e. The Morgan fingerprint density at radius 3 is 2.92 bits per heavy atom. The summed E-state index contributed by atoms with van der Waals surface area (Å²) in [6, 6.07) is 0. The van der Waals surface area contributed by atoms with Crippen molar-refractivity contribution in [1.82, 2.24) is 4.90 Å². The Labute approximate surface area is 80.1 Å². The van der Waals surface area contributed by atoms with Crippen LogP contribution in [0.3, 0.4) is 0 Å². The average Bonchev–Trinajstić information content (AvgIpc) is 2.83. The van der Waals surface area contributed by atoms with Gasteiger partial charge in [0.2, 0.25) is 0 Å². The van der Waals surface area contributed by atoms with E-state index in [0.29, 0.717) is 0 Å². The molecule has 70 valence electrons. The molecule has 2 aliphatic rings. The Balaban J connectivity index is 1.81. The summed E-state index contributed by atoms with van der Waals surface area (Å²) in [7, 11) is 2.24. The molecular formula is C10H18ClN. The molecule has 2 fully saturated rings. The van der Waals surface area contributed by atoms with E-state index < -0.39 is 0 Å². The molecule has 1 saturated carbocycles. The zero-order valence-electron chi connectivity index (χ0n) is 7.80. The molecule has 0 aromatic rings. The van der Waals surface area contributed by atoms with Gasteiger partial charge >= 0.3 is 0 Å². The fourth-order valence-electron chi connectivity index (χ4n) is 2.58. The molecule has 0 bridgehead atoms. The smallest absolute Gasteiger partial charge is 0.0254 e. The molecule has 2 heteroatoms. The van der Waals surface area contributed by atoms with Crippen molar-refractivity contribution in [1.29, 1.82) is 0 Å². The van der Waals surface area contributed by atoms with E-state index in [2.05, 4.69) is 11.9 Å². The predicted molar refractivity (Wildman–Crippen MR) is 52.5 cm³/mol. The first kappa shape index (κ1) is 8.83. The first-order valence-electron chi connectivity index (χ1n) is 5.05. The standard InChI is InChI=1S/C10H18ClN/c1-12-4-2-3-8(7-12)10-5-9(10)6-11/h8-10H,2-7H2,1H3. The van der Waals surface area contributed by atoms with E-state index in [1.54, 1.807) is 0 Å². The van der Waals surface area contributed by atoms with Crippen molar-refractivity contribution in [2.24, 2.45) is 17.8 Å². The quantitative estimate of drug-likeness (QED) is 0.600. The molecule has 3 atom stereocenters. The Morgan fingerprint density at radius 2 is 2.33 bits per heavy atom. The van der Waals surface area contributed by atoms with Crippen molar-refractivity contribution in [3.8, 4) is 0 Å². The number of nitrogens with zero attached hydrogens (tertiary/aromatic N) is 1. The van der Waals surface area contributed by atoms with Gasteiger partial charge in [0, 0.05) is 12.4 Å². The van der Waals surface area contributed by atoms with Crippen LogP contribution in [0.25, 0.3) is 0 Å². The van der Waals surface area contributed by atoms with E-state index in [9.17, 15) is 0 Å². The Bertz CT molecular complexity index is 160. The minimum atomic E-state index is 0.864. The highest BCUT2D eigenvalue weighted by atomic mass is 35.5. The van der Waals surface area contributed by atoms with Crippen molar-refractivity contribution in [3.63, 3.8) is 0 Å². The molecule has 1 saturated heterocycles. The Kier molecular flexibility index (Phi) is 2.61. The third-order valence-electron chi connectivity index (χ3n) is 3.44. The average molecular weight is 188 g/mol. The number of rotatable bonds is 2. The highest BCUT2D eigenvalue weighted by Gasteiger charge is 2.42. The lowest BCUT2D eigenvalue weighted by Crippen LogP contribution is -2.33. The van der Waals surface area contributed by atoms with Crippen LogP contribution in [0.5, 0.6) is 0 Å². The second-order valence-electron chi connectivity index (χ2n) is 4.48. The van der Waals surface area contributed by atoms with E-state index >= 15 is 0 Å². The van der Waals surface area contributed by atoms with Crippen molar-refractivity contribution in [2.45, 2.75) is 19.3 Å². The summed E-state index contributed by atoms with van der Waals surface area (Å²) in [6.07, 6.45) is 4.25. The summed E-state index contributed by atoms with van der Waals surface area (Å²) in [5.41, 5.74) is 0. The van der Waals surface area contributed by atoms with Crippen molar-refractivity contribution in [2.75, 3.05) is 26.0 Å². The van der Waals surface area contributed by atoms with Gasteiger partial charge in [0.05, 0.1) is 0 Å². The summed E-state index contributed by atoms with van der Waals surface area (Å²) < 4.78 is 0. The van der Waals surface area contributed by atoms with Gasteiger partial charge in [0.15, 0.2) is 0 Å². The van der Waals surface area contributed by atoms with Crippen LogP contribution in [0.4, 0.5) is 0 Å². The fourth-order valence-corrected chi connectivity index (χ4v) is 2.94. The minimum absolute atomic E-state index is 0.864. The molecular weight excluding hydrogens is 170 g/mol. The molecule has 0 N–H and O–H groups in total. The highest BCUT2D eigenvalue weighted by Crippen LogP contribution is 2.47. The lowest BCUT2D eigenvalue weighted by atomic mass is 9.93. The molecule has 1 aliphatic heterocycles. The van der Waals surface area contributed by atoms with Gasteiger partial charge in [0.25, 0.3) is 0 Å². The molecule has 0 aromatic heterocycles. The number of hydrogen-bond acceptors (Lipinski definition) is 1. The van der Waals surface area contributed by atoms with Crippen LogP contribution in [0.1, 0.15) is 19.3 Å². The molecule has 1 heterocycles. The molecule has 3 unspecified atom stereocenters. The van der Waals surface area contributed by atoms with Crippen LogP contribution in [0.15, 0.2) is 0 Å². The maximum absolute atomic E-state index is 5.84. The topological polar surface area (TPSA) is 3.24 Å². The van der Waals surface area contributed by atoms with Crippen LogP contribution < -0.4 is 0 Å². The normalized spacial score (nSPS) is 43.0. The van der Waals surface area contributed by atoms with Gasteiger partial charge < -0.3 is 4.90 Å². The van der Waals surface area contributed by atoms with Crippen molar-refractivity contribution < 1.29 is 0 Å². The van der Waals surface area contributed by atoms with Crippen LogP contribution in [0, 0.1) is 17.8 Å². The van der Waals surface area contributed by atoms with Crippen LogP contribution in [-0.4, -0.2) is 30.9 Å². The molecule has 2 rings (SSSR count). The molecule has 0 aromatic carbocycles. The van der Waals surface area contributed by atoms with E-state index in [1.807, 2.05) is 0 Å².